The average molecular weight is 342 g/mol. The number of hydrogen-bond acceptors (Lipinski definition) is 4. The van der Waals surface area contributed by atoms with Gasteiger partial charge in [0.2, 0.25) is 6.79 Å². The first-order chi connectivity index (χ1) is 12.2. The van der Waals surface area contributed by atoms with Crippen LogP contribution in [0.2, 0.25) is 0 Å². The topological polar surface area (TPSA) is 52.9 Å². The molecule has 6 nitrogen and oxygen atoms in total. The van der Waals surface area contributed by atoms with Crippen molar-refractivity contribution < 1.29 is 19.0 Å². The molecule has 2 aliphatic rings. The highest BCUT2D eigenvalue weighted by Crippen LogP contribution is 2.33. The zero-order chi connectivity index (χ0) is 17.2. The number of hydrogen-bond donors (Lipinski definition) is 0. The molecular weight excluding hydrogens is 320 g/mol. The van der Waals surface area contributed by atoms with Gasteiger partial charge in [0.15, 0.2) is 11.5 Å². The molecule has 25 heavy (non-hydrogen) atoms. The Hall–Kier alpha value is -2.47. The fourth-order valence-corrected chi connectivity index (χ4v) is 3.51. The van der Waals surface area contributed by atoms with Crippen LogP contribution in [0.5, 0.6) is 11.5 Å². The number of fused-ring (bicyclic) bond motifs is 2. The van der Waals surface area contributed by atoms with Crippen molar-refractivity contribution in [2.75, 3.05) is 27.1 Å². The molecule has 1 aromatic heterocycles. The summed E-state index contributed by atoms with van der Waals surface area (Å²) in [7, 11) is 1.72. The van der Waals surface area contributed by atoms with Crippen LogP contribution in [-0.2, 0) is 17.8 Å². The number of methoxy groups -OCH3 is 1. The lowest BCUT2D eigenvalue weighted by Crippen LogP contribution is -2.34. The van der Waals surface area contributed by atoms with Gasteiger partial charge in [-0.1, -0.05) is 0 Å². The molecule has 1 unspecified atom stereocenters. The highest BCUT2D eigenvalue weighted by Gasteiger charge is 2.26. The average Bonchev–Trinajstić information content (AvgIpc) is 3.23. The van der Waals surface area contributed by atoms with E-state index < -0.39 is 0 Å². The van der Waals surface area contributed by atoms with Gasteiger partial charge in [0, 0.05) is 44.3 Å². The number of nitrogens with zero attached hydrogens (tertiary/aromatic N) is 2. The molecule has 6 heteroatoms. The van der Waals surface area contributed by atoms with Crippen LogP contribution in [-0.4, -0.2) is 42.4 Å². The van der Waals surface area contributed by atoms with Gasteiger partial charge in [-0.25, -0.2) is 0 Å². The second kappa shape index (κ2) is 6.80. The maximum atomic E-state index is 13.1. The minimum atomic E-state index is 0.0235. The lowest BCUT2D eigenvalue weighted by molar-refractivity contribution is 0.0705. The summed E-state index contributed by atoms with van der Waals surface area (Å²) in [4.78, 5) is 15.0. The largest absolute Gasteiger partial charge is 0.454 e. The molecule has 1 amide bonds. The van der Waals surface area contributed by atoms with Crippen molar-refractivity contribution in [3.05, 3.63) is 47.8 Å². The first-order valence-corrected chi connectivity index (χ1v) is 8.56. The fraction of sp³-hybridized carbons (Fsp3) is 0.421. The molecule has 2 aliphatic heterocycles. The van der Waals surface area contributed by atoms with Crippen molar-refractivity contribution in [1.82, 2.24) is 9.47 Å². The summed E-state index contributed by atoms with van der Waals surface area (Å²) in [6, 6.07) is 9.51. The minimum Gasteiger partial charge on any atom is -0.454 e. The first kappa shape index (κ1) is 16.0. The number of aromatic nitrogens is 1. The third kappa shape index (κ3) is 3.22. The number of carbonyl (C=O) groups is 1. The van der Waals surface area contributed by atoms with Crippen molar-refractivity contribution in [2.45, 2.75) is 19.5 Å². The standard InChI is InChI=1S/C19H22N2O4/c1-23-8-6-14-10-20-7-2-3-16(20)12-21(11-14)19(22)15-4-5-17-18(9-15)25-13-24-17/h2-5,7,9,14H,6,8,10-13H2,1H3. The van der Waals surface area contributed by atoms with Gasteiger partial charge in [-0.2, -0.15) is 0 Å². The van der Waals surface area contributed by atoms with E-state index in [1.165, 1.54) is 0 Å². The van der Waals surface area contributed by atoms with Crippen molar-refractivity contribution in [2.24, 2.45) is 5.92 Å². The maximum Gasteiger partial charge on any atom is 0.254 e. The molecule has 0 saturated carbocycles. The molecule has 3 heterocycles. The van der Waals surface area contributed by atoms with Crippen LogP contribution in [0.3, 0.4) is 0 Å². The van der Waals surface area contributed by atoms with Crippen LogP contribution >= 0.6 is 0 Å². The van der Waals surface area contributed by atoms with E-state index in [-0.39, 0.29) is 12.7 Å². The predicted molar refractivity (Wildman–Crippen MR) is 91.7 cm³/mol. The summed E-state index contributed by atoms with van der Waals surface area (Å²) in [5, 5.41) is 0. The fourth-order valence-electron chi connectivity index (χ4n) is 3.51. The molecule has 0 spiro atoms. The van der Waals surface area contributed by atoms with Gasteiger partial charge in [-0.15, -0.1) is 0 Å². The Morgan fingerprint density at radius 3 is 3.00 bits per heavy atom. The summed E-state index contributed by atoms with van der Waals surface area (Å²) < 4.78 is 18.2. The number of amides is 1. The van der Waals surface area contributed by atoms with Crippen LogP contribution in [0.1, 0.15) is 22.5 Å². The van der Waals surface area contributed by atoms with Gasteiger partial charge in [0.25, 0.3) is 5.91 Å². The second-order valence-corrected chi connectivity index (χ2v) is 6.55. The summed E-state index contributed by atoms with van der Waals surface area (Å²) in [6.45, 7) is 3.16. The molecular formula is C19H22N2O4. The Balaban J connectivity index is 1.58. The summed E-state index contributed by atoms with van der Waals surface area (Å²) >= 11 is 0. The monoisotopic (exact) mass is 342 g/mol. The van der Waals surface area contributed by atoms with E-state index in [0.29, 0.717) is 36.1 Å². The molecule has 132 valence electrons. The normalized spacial score (nSPS) is 18.8. The van der Waals surface area contributed by atoms with Gasteiger partial charge in [-0.05, 0) is 42.7 Å². The highest BCUT2D eigenvalue weighted by molar-refractivity contribution is 5.95. The van der Waals surface area contributed by atoms with Crippen LogP contribution in [0.4, 0.5) is 0 Å². The van der Waals surface area contributed by atoms with Gasteiger partial charge in [-0.3, -0.25) is 4.79 Å². The number of ether oxygens (including phenoxy) is 3. The van der Waals surface area contributed by atoms with E-state index in [9.17, 15) is 4.79 Å². The predicted octanol–water partition coefficient (Wildman–Crippen LogP) is 2.53. The van der Waals surface area contributed by atoms with Crippen LogP contribution in [0.25, 0.3) is 0 Å². The van der Waals surface area contributed by atoms with Crippen molar-refractivity contribution in [3.8, 4) is 11.5 Å². The van der Waals surface area contributed by atoms with E-state index in [1.807, 2.05) is 17.0 Å². The van der Waals surface area contributed by atoms with Gasteiger partial charge in [0.05, 0.1) is 6.54 Å². The van der Waals surface area contributed by atoms with E-state index in [4.69, 9.17) is 14.2 Å². The van der Waals surface area contributed by atoms with Crippen molar-refractivity contribution in [1.29, 1.82) is 0 Å². The molecule has 0 radical (unpaired) electrons. The lowest BCUT2D eigenvalue weighted by Gasteiger charge is -2.24. The summed E-state index contributed by atoms with van der Waals surface area (Å²) in [6.07, 6.45) is 3.02. The van der Waals surface area contributed by atoms with Crippen LogP contribution in [0, 0.1) is 5.92 Å². The number of rotatable bonds is 4. The van der Waals surface area contributed by atoms with E-state index in [1.54, 1.807) is 19.2 Å². The smallest absolute Gasteiger partial charge is 0.254 e. The minimum absolute atomic E-state index is 0.0235. The quantitative estimate of drug-likeness (QED) is 0.857. The van der Waals surface area contributed by atoms with E-state index in [2.05, 4.69) is 16.8 Å². The SMILES string of the molecule is COCCC1CN(C(=O)c2ccc3c(c2)OCO3)Cc2cccn2C1. The van der Waals surface area contributed by atoms with Gasteiger partial charge < -0.3 is 23.7 Å². The third-order valence-electron chi connectivity index (χ3n) is 4.85. The van der Waals surface area contributed by atoms with E-state index >= 15 is 0 Å². The molecule has 4 rings (SSSR count). The molecule has 2 aromatic rings. The maximum absolute atomic E-state index is 13.1. The molecule has 0 saturated heterocycles. The molecule has 1 atom stereocenters. The van der Waals surface area contributed by atoms with Crippen LogP contribution < -0.4 is 9.47 Å². The second-order valence-electron chi connectivity index (χ2n) is 6.55. The van der Waals surface area contributed by atoms with Gasteiger partial charge >= 0.3 is 0 Å². The summed E-state index contributed by atoms with van der Waals surface area (Å²) in [5.41, 5.74) is 1.80. The Labute approximate surface area is 146 Å². The zero-order valence-corrected chi connectivity index (χ0v) is 14.3. The van der Waals surface area contributed by atoms with E-state index in [0.717, 1.165) is 25.2 Å². The Morgan fingerprint density at radius 1 is 1.24 bits per heavy atom. The molecule has 0 aliphatic carbocycles. The number of benzene rings is 1. The molecule has 0 N–H and O–H groups in total. The summed E-state index contributed by atoms with van der Waals surface area (Å²) in [5.74, 6) is 1.72. The highest BCUT2D eigenvalue weighted by atomic mass is 16.7. The van der Waals surface area contributed by atoms with Crippen molar-refractivity contribution >= 4 is 5.91 Å². The Kier molecular flexibility index (Phi) is 4.36. The number of carbonyl (C=O) groups excluding carboxylic acids is 1. The first-order valence-electron chi connectivity index (χ1n) is 8.56. The lowest BCUT2D eigenvalue weighted by atomic mass is 10.0. The zero-order valence-electron chi connectivity index (χ0n) is 14.3. The van der Waals surface area contributed by atoms with Crippen molar-refractivity contribution in [3.63, 3.8) is 0 Å². The van der Waals surface area contributed by atoms with Crippen LogP contribution in [0.15, 0.2) is 36.5 Å². The molecule has 1 aromatic carbocycles. The Bertz CT molecular complexity index is 771. The van der Waals surface area contributed by atoms with Gasteiger partial charge in [0.1, 0.15) is 0 Å². The molecule has 0 bridgehead atoms. The molecule has 0 fully saturated rings. The third-order valence-corrected chi connectivity index (χ3v) is 4.85. The Morgan fingerprint density at radius 2 is 2.12 bits per heavy atom.